The molecule has 0 saturated carbocycles. The van der Waals surface area contributed by atoms with Crippen LogP contribution in [0.15, 0.2) is 0 Å². The lowest BCUT2D eigenvalue weighted by Gasteiger charge is -2.44. The Morgan fingerprint density at radius 1 is 1.32 bits per heavy atom. The summed E-state index contributed by atoms with van der Waals surface area (Å²) in [6.45, 7) is 7.54. The lowest BCUT2D eigenvalue weighted by molar-refractivity contribution is -0.181. The molecule has 2 N–H and O–H groups in total. The molecule has 0 aromatic heterocycles. The average Bonchev–Trinajstić information content (AvgIpc) is 2.30. The van der Waals surface area contributed by atoms with E-state index in [0.717, 1.165) is 17.9 Å². The first-order valence-electron chi connectivity index (χ1n) is 6.45. The number of hydroxylamine groups is 2. The topological polar surface area (TPSA) is 78.9 Å². The molecular formula is C13H26N2O4. The Morgan fingerprint density at radius 3 is 2.16 bits per heavy atom. The fourth-order valence-corrected chi connectivity index (χ4v) is 2.08. The van der Waals surface area contributed by atoms with Crippen molar-refractivity contribution in [3.05, 3.63) is 0 Å². The van der Waals surface area contributed by atoms with Gasteiger partial charge in [-0.1, -0.05) is 40.5 Å². The first kappa shape index (κ1) is 17.7. The molecular weight excluding hydrogens is 248 g/mol. The van der Waals surface area contributed by atoms with Crippen LogP contribution in [-0.4, -0.2) is 41.9 Å². The normalized spacial score (nSPS) is 14.6. The van der Waals surface area contributed by atoms with Crippen molar-refractivity contribution in [3.8, 4) is 0 Å². The maximum Gasteiger partial charge on any atom is 0.405 e. The van der Waals surface area contributed by atoms with E-state index < -0.39 is 17.0 Å². The quantitative estimate of drug-likeness (QED) is 0.728. The van der Waals surface area contributed by atoms with Crippen LogP contribution in [0.1, 0.15) is 47.0 Å². The predicted octanol–water partition coefficient (Wildman–Crippen LogP) is 2.25. The highest BCUT2D eigenvalue weighted by Gasteiger charge is 2.50. The van der Waals surface area contributed by atoms with Crippen LogP contribution < -0.4 is 5.32 Å². The van der Waals surface area contributed by atoms with Crippen molar-refractivity contribution in [2.75, 3.05) is 14.2 Å². The number of hydrogen-bond acceptors (Lipinski definition) is 3. The molecule has 1 atom stereocenters. The summed E-state index contributed by atoms with van der Waals surface area (Å²) in [4.78, 5) is 28.6. The Hall–Kier alpha value is -1.30. The number of carbonyl (C=O) groups is 2. The minimum absolute atomic E-state index is 0.377. The van der Waals surface area contributed by atoms with Gasteiger partial charge in [-0.05, 0) is 11.8 Å². The monoisotopic (exact) mass is 274 g/mol. The van der Waals surface area contributed by atoms with Crippen LogP contribution >= 0.6 is 0 Å². The van der Waals surface area contributed by atoms with Crippen LogP contribution in [0.5, 0.6) is 0 Å². The minimum atomic E-state index is -1.20. The Bertz CT molecular complexity index is 325. The molecule has 0 aliphatic carbocycles. The molecule has 6 nitrogen and oxygen atoms in total. The van der Waals surface area contributed by atoms with E-state index in [1.807, 2.05) is 27.7 Å². The first-order valence-corrected chi connectivity index (χ1v) is 6.45. The number of amides is 2. The van der Waals surface area contributed by atoms with Crippen LogP contribution in [0.4, 0.5) is 4.79 Å². The zero-order valence-electron chi connectivity index (χ0n) is 12.7. The van der Waals surface area contributed by atoms with Gasteiger partial charge >= 0.3 is 6.09 Å². The second-order valence-corrected chi connectivity index (χ2v) is 5.67. The summed E-state index contributed by atoms with van der Waals surface area (Å²) >= 11 is 0. The third-order valence-corrected chi connectivity index (χ3v) is 3.43. The van der Waals surface area contributed by atoms with E-state index in [-0.39, 0.29) is 5.91 Å². The molecule has 1 unspecified atom stereocenters. The lowest BCUT2D eigenvalue weighted by atomic mass is 9.70. The molecule has 0 spiro atoms. The van der Waals surface area contributed by atoms with Crippen LogP contribution in [0.2, 0.25) is 0 Å². The number of nitrogens with zero attached hydrogens (tertiary/aromatic N) is 1. The fourth-order valence-electron chi connectivity index (χ4n) is 2.08. The smallest absolute Gasteiger partial charge is 0.405 e. The molecule has 112 valence electrons. The number of likely N-dealkylation sites (N-methyl/N-ethyl adjacent to an activating group) is 1. The van der Waals surface area contributed by atoms with Crippen molar-refractivity contribution in [1.29, 1.82) is 0 Å². The van der Waals surface area contributed by atoms with Gasteiger partial charge in [-0.25, -0.2) is 9.86 Å². The van der Waals surface area contributed by atoms with Gasteiger partial charge in [-0.2, -0.15) is 0 Å². The van der Waals surface area contributed by atoms with E-state index in [4.69, 9.17) is 9.94 Å². The molecule has 19 heavy (non-hydrogen) atoms. The third kappa shape index (κ3) is 4.09. The van der Waals surface area contributed by atoms with Crippen molar-refractivity contribution in [3.63, 3.8) is 0 Å². The van der Waals surface area contributed by atoms with Crippen molar-refractivity contribution in [2.24, 2.45) is 5.41 Å². The second-order valence-electron chi connectivity index (χ2n) is 5.67. The molecule has 0 aromatic rings. The summed E-state index contributed by atoms with van der Waals surface area (Å²) in [5.74, 6) is -0.377. The zero-order valence-corrected chi connectivity index (χ0v) is 12.7. The molecule has 0 fully saturated rings. The molecule has 0 saturated heterocycles. The molecule has 0 radical (unpaired) electrons. The number of carboxylic acid groups (broad SMARTS) is 1. The van der Waals surface area contributed by atoms with Crippen LogP contribution in [-0.2, 0) is 9.63 Å². The van der Waals surface area contributed by atoms with Crippen LogP contribution in [0.25, 0.3) is 0 Å². The number of rotatable bonds is 6. The maximum atomic E-state index is 12.6. The lowest BCUT2D eigenvalue weighted by Crippen LogP contribution is -2.65. The molecule has 0 aliphatic rings. The maximum absolute atomic E-state index is 12.6. The van der Waals surface area contributed by atoms with Gasteiger partial charge in [0.25, 0.3) is 5.91 Å². The Morgan fingerprint density at radius 2 is 1.84 bits per heavy atom. The zero-order chi connectivity index (χ0) is 15.3. The van der Waals surface area contributed by atoms with Gasteiger partial charge in [0.2, 0.25) is 0 Å². The minimum Gasteiger partial charge on any atom is -0.465 e. The van der Waals surface area contributed by atoms with Gasteiger partial charge in [0.05, 0.1) is 7.11 Å². The van der Waals surface area contributed by atoms with E-state index in [1.165, 1.54) is 14.2 Å². The second kappa shape index (κ2) is 6.75. The number of carbonyl (C=O) groups excluding carboxylic acids is 1. The molecule has 0 bridgehead atoms. The summed E-state index contributed by atoms with van der Waals surface area (Å²) in [5.41, 5.74) is -1.76. The van der Waals surface area contributed by atoms with Gasteiger partial charge in [0.1, 0.15) is 5.54 Å². The standard InChI is InChI=1S/C13H26N2O4/c1-7-8-9-13(12(2,3)4,14-11(17)18)10(16)15(5)19-6/h14H,7-9H2,1-6H3,(H,17,18). The third-order valence-electron chi connectivity index (χ3n) is 3.43. The number of hydrogen-bond donors (Lipinski definition) is 2. The van der Waals surface area contributed by atoms with E-state index >= 15 is 0 Å². The van der Waals surface area contributed by atoms with Crippen LogP contribution in [0, 0.1) is 5.41 Å². The Labute approximate surface area is 115 Å². The van der Waals surface area contributed by atoms with Crippen LogP contribution in [0.3, 0.4) is 0 Å². The van der Waals surface area contributed by atoms with E-state index in [9.17, 15) is 9.59 Å². The molecule has 0 heterocycles. The van der Waals surface area contributed by atoms with E-state index in [2.05, 4.69) is 5.32 Å². The Balaban J connectivity index is 5.60. The van der Waals surface area contributed by atoms with Gasteiger partial charge in [-0.15, -0.1) is 0 Å². The predicted molar refractivity (Wildman–Crippen MR) is 72.7 cm³/mol. The highest BCUT2D eigenvalue weighted by molar-refractivity contribution is 5.89. The summed E-state index contributed by atoms with van der Waals surface area (Å²) in [6, 6.07) is 0. The van der Waals surface area contributed by atoms with Crippen molar-refractivity contribution < 1.29 is 19.5 Å². The molecule has 0 rings (SSSR count). The van der Waals surface area contributed by atoms with E-state index in [1.54, 1.807) is 0 Å². The SMILES string of the molecule is CCCCC(NC(=O)O)(C(=O)N(C)OC)C(C)(C)C. The summed E-state index contributed by atoms with van der Waals surface area (Å²) in [5, 5.41) is 12.6. The van der Waals surface area contributed by atoms with E-state index in [0.29, 0.717) is 6.42 Å². The fraction of sp³-hybridized carbons (Fsp3) is 0.846. The highest BCUT2D eigenvalue weighted by atomic mass is 16.7. The van der Waals surface area contributed by atoms with Crippen molar-refractivity contribution in [1.82, 2.24) is 10.4 Å². The van der Waals surface area contributed by atoms with Gasteiger partial charge in [-0.3, -0.25) is 9.63 Å². The Kier molecular flexibility index (Phi) is 6.29. The van der Waals surface area contributed by atoms with Gasteiger partial charge in [0.15, 0.2) is 0 Å². The number of nitrogens with one attached hydrogen (secondary N) is 1. The molecule has 0 aliphatic heterocycles. The number of unbranched alkanes of at least 4 members (excludes halogenated alkanes) is 1. The van der Waals surface area contributed by atoms with Crippen molar-refractivity contribution in [2.45, 2.75) is 52.5 Å². The van der Waals surface area contributed by atoms with Crippen molar-refractivity contribution >= 4 is 12.0 Å². The molecule has 2 amide bonds. The highest BCUT2D eigenvalue weighted by Crippen LogP contribution is 2.36. The first-order chi connectivity index (χ1) is 8.62. The van der Waals surface area contributed by atoms with Gasteiger partial charge < -0.3 is 10.4 Å². The summed E-state index contributed by atoms with van der Waals surface area (Å²) < 4.78 is 0. The summed E-state index contributed by atoms with van der Waals surface area (Å²) in [7, 11) is 2.87. The van der Waals surface area contributed by atoms with Gasteiger partial charge in [0, 0.05) is 7.05 Å². The molecule has 6 heteroatoms. The molecule has 0 aromatic carbocycles. The average molecular weight is 274 g/mol. The largest absolute Gasteiger partial charge is 0.465 e. The summed E-state index contributed by atoms with van der Waals surface area (Å²) in [6.07, 6.45) is 0.861.